The maximum atomic E-state index is 12.8. The SMILES string of the molecule is COCCNC(=O)COC(=O)c1ccc(C)c(S(=O)(=O)Nc2cccc(C)c2)c1. The van der Waals surface area contributed by atoms with Crippen LogP contribution in [0.2, 0.25) is 0 Å². The molecule has 0 aromatic heterocycles. The van der Waals surface area contributed by atoms with Crippen molar-refractivity contribution in [2.75, 3.05) is 31.6 Å². The molecule has 0 aliphatic carbocycles. The average molecular weight is 420 g/mol. The lowest BCUT2D eigenvalue weighted by Gasteiger charge is -2.12. The molecule has 156 valence electrons. The Kier molecular flexibility index (Phi) is 7.74. The highest BCUT2D eigenvalue weighted by molar-refractivity contribution is 7.92. The fraction of sp³-hybridized carbons (Fsp3) is 0.300. The van der Waals surface area contributed by atoms with Crippen LogP contribution in [-0.2, 0) is 24.3 Å². The Bertz CT molecular complexity index is 988. The van der Waals surface area contributed by atoms with E-state index >= 15 is 0 Å². The van der Waals surface area contributed by atoms with Gasteiger partial charge in [-0.25, -0.2) is 13.2 Å². The van der Waals surface area contributed by atoms with Gasteiger partial charge in [-0.3, -0.25) is 9.52 Å². The van der Waals surface area contributed by atoms with Crippen molar-refractivity contribution >= 4 is 27.6 Å². The third kappa shape index (κ3) is 6.58. The van der Waals surface area contributed by atoms with Crippen molar-refractivity contribution in [2.24, 2.45) is 0 Å². The third-order valence-corrected chi connectivity index (χ3v) is 5.47. The van der Waals surface area contributed by atoms with E-state index in [2.05, 4.69) is 10.0 Å². The smallest absolute Gasteiger partial charge is 0.338 e. The van der Waals surface area contributed by atoms with Crippen LogP contribution in [0.4, 0.5) is 5.69 Å². The lowest BCUT2D eigenvalue weighted by molar-refractivity contribution is -0.124. The Morgan fingerprint density at radius 1 is 1.07 bits per heavy atom. The fourth-order valence-electron chi connectivity index (χ4n) is 2.49. The van der Waals surface area contributed by atoms with Gasteiger partial charge in [-0.1, -0.05) is 18.2 Å². The molecule has 0 bridgehead atoms. The van der Waals surface area contributed by atoms with E-state index in [0.29, 0.717) is 24.4 Å². The number of amides is 1. The molecule has 0 atom stereocenters. The van der Waals surface area contributed by atoms with Gasteiger partial charge in [0.15, 0.2) is 6.61 Å². The summed E-state index contributed by atoms with van der Waals surface area (Å²) in [7, 11) is -2.41. The first-order valence-corrected chi connectivity index (χ1v) is 10.3. The summed E-state index contributed by atoms with van der Waals surface area (Å²) in [6.45, 7) is 3.64. The number of ether oxygens (including phenoxy) is 2. The molecule has 0 saturated heterocycles. The van der Waals surface area contributed by atoms with Crippen molar-refractivity contribution in [3.05, 3.63) is 59.2 Å². The number of nitrogens with one attached hydrogen (secondary N) is 2. The van der Waals surface area contributed by atoms with Crippen molar-refractivity contribution in [2.45, 2.75) is 18.7 Å². The summed E-state index contributed by atoms with van der Waals surface area (Å²) < 4.78 is 37.8. The predicted molar refractivity (Wildman–Crippen MR) is 108 cm³/mol. The second-order valence-corrected chi connectivity index (χ2v) is 8.02. The van der Waals surface area contributed by atoms with E-state index in [0.717, 1.165) is 5.56 Å². The van der Waals surface area contributed by atoms with Gasteiger partial charge in [0.1, 0.15) is 0 Å². The summed E-state index contributed by atoms with van der Waals surface area (Å²) in [6, 6.07) is 11.1. The third-order valence-electron chi connectivity index (χ3n) is 3.95. The first kappa shape index (κ1) is 22.4. The summed E-state index contributed by atoms with van der Waals surface area (Å²) >= 11 is 0. The van der Waals surface area contributed by atoms with E-state index in [1.807, 2.05) is 13.0 Å². The van der Waals surface area contributed by atoms with Crippen LogP contribution in [-0.4, -0.2) is 47.2 Å². The van der Waals surface area contributed by atoms with Crippen molar-refractivity contribution in [3.63, 3.8) is 0 Å². The number of anilines is 1. The number of carbonyl (C=O) groups is 2. The molecule has 0 saturated carbocycles. The summed E-state index contributed by atoms with van der Waals surface area (Å²) in [6.07, 6.45) is 0. The van der Waals surface area contributed by atoms with E-state index < -0.39 is 28.5 Å². The zero-order chi connectivity index (χ0) is 21.4. The van der Waals surface area contributed by atoms with Gasteiger partial charge < -0.3 is 14.8 Å². The molecule has 0 aliphatic heterocycles. The van der Waals surface area contributed by atoms with Crippen LogP contribution in [0.25, 0.3) is 0 Å². The molecule has 0 heterocycles. The topological polar surface area (TPSA) is 111 Å². The van der Waals surface area contributed by atoms with Crippen LogP contribution in [0.15, 0.2) is 47.4 Å². The highest BCUT2D eigenvalue weighted by atomic mass is 32.2. The molecule has 0 radical (unpaired) electrons. The summed E-state index contributed by atoms with van der Waals surface area (Å²) in [5.41, 5.74) is 1.83. The lowest BCUT2D eigenvalue weighted by Crippen LogP contribution is -2.31. The Labute approximate surface area is 170 Å². The largest absolute Gasteiger partial charge is 0.452 e. The van der Waals surface area contributed by atoms with Crippen LogP contribution in [0, 0.1) is 13.8 Å². The molecule has 1 amide bonds. The number of esters is 1. The first-order valence-electron chi connectivity index (χ1n) is 8.86. The second kappa shape index (κ2) is 10.0. The molecule has 2 rings (SSSR count). The molecule has 0 unspecified atom stereocenters. The van der Waals surface area contributed by atoms with Crippen LogP contribution in [0.1, 0.15) is 21.5 Å². The molecule has 0 fully saturated rings. The minimum atomic E-state index is -3.91. The van der Waals surface area contributed by atoms with Crippen molar-refractivity contribution in [1.82, 2.24) is 5.32 Å². The average Bonchev–Trinajstić information content (AvgIpc) is 2.66. The van der Waals surface area contributed by atoms with E-state index in [1.54, 1.807) is 25.1 Å². The predicted octanol–water partition coefficient (Wildman–Crippen LogP) is 2.02. The van der Waals surface area contributed by atoms with E-state index in [4.69, 9.17) is 9.47 Å². The Balaban J connectivity index is 2.12. The molecule has 9 heteroatoms. The molecule has 8 nitrogen and oxygen atoms in total. The minimum absolute atomic E-state index is 0.0323. The van der Waals surface area contributed by atoms with Crippen LogP contribution in [0.5, 0.6) is 0 Å². The number of aryl methyl sites for hydroxylation is 2. The highest BCUT2D eigenvalue weighted by Crippen LogP contribution is 2.21. The Morgan fingerprint density at radius 2 is 1.83 bits per heavy atom. The van der Waals surface area contributed by atoms with Gasteiger partial charge in [0.2, 0.25) is 0 Å². The number of rotatable bonds is 9. The lowest BCUT2D eigenvalue weighted by atomic mass is 10.1. The summed E-state index contributed by atoms with van der Waals surface area (Å²) in [5.74, 6) is -1.27. The normalized spacial score (nSPS) is 11.0. The standard InChI is InChI=1S/C20H24N2O6S/c1-14-5-4-6-17(11-14)22-29(25,26)18-12-16(8-7-15(18)2)20(24)28-13-19(23)21-9-10-27-3/h4-8,11-12,22H,9-10,13H2,1-3H3,(H,21,23). The summed E-state index contributed by atoms with van der Waals surface area (Å²) in [4.78, 5) is 23.8. The fourth-order valence-corrected chi connectivity index (χ4v) is 3.81. The number of hydrogen-bond donors (Lipinski definition) is 2. The number of sulfonamides is 1. The number of hydrogen-bond acceptors (Lipinski definition) is 6. The van der Waals surface area contributed by atoms with Crippen molar-refractivity contribution in [3.8, 4) is 0 Å². The molecule has 2 N–H and O–H groups in total. The maximum absolute atomic E-state index is 12.8. The number of benzene rings is 2. The van der Waals surface area contributed by atoms with Crippen LogP contribution in [0.3, 0.4) is 0 Å². The summed E-state index contributed by atoms with van der Waals surface area (Å²) in [5, 5.41) is 2.52. The molecular formula is C20H24N2O6S. The minimum Gasteiger partial charge on any atom is -0.452 e. The zero-order valence-electron chi connectivity index (χ0n) is 16.5. The van der Waals surface area contributed by atoms with Crippen LogP contribution >= 0.6 is 0 Å². The van der Waals surface area contributed by atoms with Gasteiger partial charge in [-0.15, -0.1) is 0 Å². The van der Waals surface area contributed by atoms with Gasteiger partial charge in [-0.05, 0) is 49.2 Å². The molecule has 2 aromatic rings. The molecule has 0 aliphatic rings. The molecule has 29 heavy (non-hydrogen) atoms. The van der Waals surface area contributed by atoms with Gasteiger partial charge in [-0.2, -0.15) is 0 Å². The van der Waals surface area contributed by atoms with E-state index in [-0.39, 0.29) is 10.5 Å². The molecule has 0 spiro atoms. The quantitative estimate of drug-likeness (QED) is 0.474. The van der Waals surface area contributed by atoms with Gasteiger partial charge in [0, 0.05) is 19.3 Å². The maximum Gasteiger partial charge on any atom is 0.338 e. The van der Waals surface area contributed by atoms with Gasteiger partial charge in [0.25, 0.3) is 15.9 Å². The van der Waals surface area contributed by atoms with Crippen LogP contribution < -0.4 is 10.0 Å². The zero-order valence-corrected chi connectivity index (χ0v) is 17.3. The second-order valence-electron chi connectivity index (χ2n) is 6.37. The van der Waals surface area contributed by atoms with E-state index in [9.17, 15) is 18.0 Å². The van der Waals surface area contributed by atoms with Crippen molar-refractivity contribution < 1.29 is 27.5 Å². The Hall–Kier alpha value is -2.91. The molecular weight excluding hydrogens is 396 g/mol. The van der Waals surface area contributed by atoms with Crippen molar-refractivity contribution in [1.29, 1.82) is 0 Å². The monoisotopic (exact) mass is 420 g/mol. The number of carbonyl (C=O) groups excluding carboxylic acids is 2. The van der Waals surface area contributed by atoms with Gasteiger partial charge in [0.05, 0.1) is 17.1 Å². The molecule has 2 aromatic carbocycles. The first-order chi connectivity index (χ1) is 13.7. The van der Waals surface area contributed by atoms with Gasteiger partial charge >= 0.3 is 5.97 Å². The highest BCUT2D eigenvalue weighted by Gasteiger charge is 2.20. The van der Waals surface area contributed by atoms with E-state index in [1.165, 1.54) is 25.3 Å². The Morgan fingerprint density at radius 3 is 2.52 bits per heavy atom. The number of methoxy groups -OCH3 is 1.